The Balaban J connectivity index is 2.10. The van der Waals surface area contributed by atoms with Crippen LogP contribution in [-0.4, -0.2) is 10.9 Å². The lowest BCUT2D eigenvalue weighted by Gasteiger charge is -2.15. The molecule has 2 aromatic rings. The van der Waals surface area contributed by atoms with Crippen LogP contribution in [0, 0.1) is 5.92 Å². The second-order valence-corrected chi connectivity index (χ2v) is 5.60. The number of hydrogen-bond acceptors (Lipinski definition) is 3. The van der Waals surface area contributed by atoms with E-state index in [4.69, 9.17) is 0 Å². The van der Waals surface area contributed by atoms with Crippen LogP contribution in [-0.2, 0) is 11.0 Å². The summed E-state index contributed by atoms with van der Waals surface area (Å²) in [7, 11) is 0. The van der Waals surface area contributed by atoms with Gasteiger partial charge in [0.1, 0.15) is 5.82 Å². The van der Waals surface area contributed by atoms with E-state index in [1.807, 2.05) is 13.8 Å². The van der Waals surface area contributed by atoms with Crippen molar-refractivity contribution in [1.29, 1.82) is 0 Å². The van der Waals surface area contributed by atoms with Crippen LogP contribution in [0.5, 0.6) is 0 Å². The lowest BCUT2D eigenvalue weighted by atomic mass is 10.0. The van der Waals surface area contributed by atoms with E-state index in [1.54, 1.807) is 12.1 Å². The summed E-state index contributed by atoms with van der Waals surface area (Å²) in [5, 5.41) is 5.42. The maximum atomic E-state index is 13.0. The molecule has 1 amide bonds. The van der Waals surface area contributed by atoms with E-state index >= 15 is 0 Å². The quantitative estimate of drug-likeness (QED) is 0.750. The summed E-state index contributed by atoms with van der Waals surface area (Å²) in [6.07, 6.45) is -1.59. The van der Waals surface area contributed by atoms with E-state index in [-0.39, 0.29) is 17.5 Å². The highest BCUT2D eigenvalue weighted by atomic mass is 19.4. The van der Waals surface area contributed by atoms with Crippen LogP contribution in [0.15, 0.2) is 42.6 Å². The van der Waals surface area contributed by atoms with Gasteiger partial charge in [-0.1, -0.05) is 26.0 Å². The summed E-state index contributed by atoms with van der Waals surface area (Å²) in [5.74, 6) is 0.172. The van der Waals surface area contributed by atoms with Crippen molar-refractivity contribution in [3.05, 3.63) is 48.2 Å². The van der Waals surface area contributed by atoms with Crippen LogP contribution in [0.1, 0.15) is 32.3 Å². The largest absolute Gasteiger partial charge is 0.418 e. The Morgan fingerprint density at radius 1 is 1.12 bits per heavy atom. The molecule has 2 N–H and O–H groups in total. The van der Waals surface area contributed by atoms with Crippen molar-refractivity contribution in [2.75, 3.05) is 10.6 Å². The zero-order valence-corrected chi connectivity index (χ0v) is 14.0. The number of benzene rings is 1. The normalized spacial score (nSPS) is 11.4. The lowest BCUT2D eigenvalue weighted by molar-refractivity contribution is -0.137. The van der Waals surface area contributed by atoms with Crippen molar-refractivity contribution in [3.63, 3.8) is 0 Å². The number of para-hydroxylation sites is 1. The average molecular weight is 351 g/mol. The van der Waals surface area contributed by atoms with Gasteiger partial charge in [0.25, 0.3) is 0 Å². The molecule has 1 aromatic carbocycles. The van der Waals surface area contributed by atoms with Gasteiger partial charge in [-0.3, -0.25) is 4.79 Å². The van der Waals surface area contributed by atoms with E-state index in [9.17, 15) is 18.0 Å². The molecule has 0 unspecified atom stereocenters. The molecule has 0 aliphatic carbocycles. The number of nitrogens with one attached hydrogen (secondary N) is 2. The molecule has 1 heterocycles. The van der Waals surface area contributed by atoms with E-state index in [2.05, 4.69) is 15.6 Å². The number of nitrogens with zero attached hydrogens (tertiary/aromatic N) is 1. The Hall–Kier alpha value is -2.57. The molecular formula is C18H20F3N3O. The molecule has 1 aromatic heterocycles. The molecular weight excluding hydrogens is 331 g/mol. The molecule has 0 spiro atoms. The number of carbonyl (C=O) groups excluding carboxylic acids is 1. The highest BCUT2D eigenvalue weighted by Gasteiger charge is 2.33. The van der Waals surface area contributed by atoms with Gasteiger partial charge in [-0.25, -0.2) is 4.98 Å². The van der Waals surface area contributed by atoms with E-state index in [1.165, 1.54) is 24.4 Å². The highest BCUT2D eigenvalue weighted by Crippen LogP contribution is 2.35. The second-order valence-electron chi connectivity index (χ2n) is 5.60. The smallest absolute Gasteiger partial charge is 0.354 e. The van der Waals surface area contributed by atoms with Gasteiger partial charge >= 0.3 is 6.18 Å². The van der Waals surface area contributed by atoms with Crippen LogP contribution >= 0.6 is 0 Å². The Morgan fingerprint density at radius 3 is 2.36 bits per heavy atom. The van der Waals surface area contributed by atoms with Gasteiger partial charge in [0.2, 0.25) is 5.91 Å². The SMILES string of the molecule is CCC(CC)C(=O)Nc1ccc(Nc2ccccc2C(F)(F)F)cn1. The minimum Gasteiger partial charge on any atom is -0.354 e. The first-order valence-corrected chi connectivity index (χ1v) is 8.05. The van der Waals surface area contributed by atoms with Crippen molar-refractivity contribution in [1.82, 2.24) is 4.98 Å². The maximum absolute atomic E-state index is 13.0. The van der Waals surface area contributed by atoms with E-state index in [0.717, 1.165) is 18.9 Å². The van der Waals surface area contributed by atoms with Crippen molar-refractivity contribution < 1.29 is 18.0 Å². The van der Waals surface area contributed by atoms with Gasteiger partial charge in [-0.15, -0.1) is 0 Å². The molecule has 2 rings (SSSR count). The molecule has 0 radical (unpaired) electrons. The fraction of sp³-hybridized carbons (Fsp3) is 0.333. The molecule has 0 fully saturated rings. The molecule has 0 saturated heterocycles. The number of anilines is 3. The second kappa shape index (κ2) is 8.00. The highest BCUT2D eigenvalue weighted by molar-refractivity contribution is 5.91. The summed E-state index contributed by atoms with van der Waals surface area (Å²) < 4.78 is 39.0. The number of aromatic nitrogens is 1. The van der Waals surface area contributed by atoms with Gasteiger partial charge in [0, 0.05) is 5.92 Å². The van der Waals surface area contributed by atoms with Crippen LogP contribution in [0.25, 0.3) is 0 Å². The predicted molar refractivity (Wildman–Crippen MR) is 91.7 cm³/mol. The van der Waals surface area contributed by atoms with Crippen molar-refractivity contribution in [2.24, 2.45) is 5.92 Å². The zero-order chi connectivity index (χ0) is 18.4. The lowest BCUT2D eigenvalue weighted by Crippen LogP contribution is -2.22. The third-order valence-corrected chi connectivity index (χ3v) is 3.88. The summed E-state index contributed by atoms with van der Waals surface area (Å²) in [4.78, 5) is 16.1. The minimum absolute atomic E-state index is 0.0504. The Labute approximate surface area is 144 Å². The summed E-state index contributed by atoms with van der Waals surface area (Å²) >= 11 is 0. The van der Waals surface area contributed by atoms with Crippen LogP contribution in [0.3, 0.4) is 0 Å². The first-order valence-electron chi connectivity index (χ1n) is 8.05. The molecule has 134 valence electrons. The molecule has 0 aliphatic rings. The fourth-order valence-electron chi connectivity index (χ4n) is 2.42. The Morgan fingerprint density at radius 2 is 1.80 bits per heavy atom. The molecule has 0 bridgehead atoms. The van der Waals surface area contributed by atoms with Crippen molar-refractivity contribution >= 4 is 23.1 Å². The molecule has 0 saturated carbocycles. The summed E-state index contributed by atoms with van der Waals surface area (Å²) in [6.45, 7) is 3.87. The van der Waals surface area contributed by atoms with Crippen molar-refractivity contribution in [3.8, 4) is 0 Å². The number of hydrogen-bond donors (Lipinski definition) is 2. The average Bonchev–Trinajstić information content (AvgIpc) is 2.57. The van der Waals surface area contributed by atoms with Crippen LogP contribution < -0.4 is 10.6 Å². The van der Waals surface area contributed by atoms with Crippen molar-refractivity contribution in [2.45, 2.75) is 32.9 Å². The number of amides is 1. The molecule has 0 atom stereocenters. The molecule has 0 aliphatic heterocycles. The molecule has 25 heavy (non-hydrogen) atoms. The predicted octanol–water partition coefficient (Wildman–Crippen LogP) is 5.22. The van der Waals surface area contributed by atoms with Gasteiger partial charge in [0.15, 0.2) is 0 Å². The van der Waals surface area contributed by atoms with Gasteiger partial charge in [0.05, 0.1) is 23.1 Å². The number of alkyl halides is 3. The third-order valence-electron chi connectivity index (χ3n) is 3.88. The molecule has 4 nitrogen and oxygen atoms in total. The topological polar surface area (TPSA) is 54.0 Å². The third kappa shape index (κ3) is 4.95. The van der Waals surface area contributed by atoms with E-state index in [0.29, 0.717) is 11.5 Å². The number of pyridine rings is 1. The Bertz CT molecular complexity index is 710. The Kier molecular flexibility index (Phi) is 6.01. The first-order chi connectivity index (χ1) is 11.8. The standard InChI is InChI=1S/C18H20F3N3O/c1-3-12(4-2)17(25)24-16-10-9-13(11-22-16)23-15-8-6-5-7-14(15)18(19,20)21/h5-12,23H,3-4H2,1-2H3,(H,22,24,25). The fourth-order valence-corrected chi connectivity index (χ4v) is 2.42. The number of halogens is 3. The summed E-state index contributed by atoms with van der Waals surface area (Å²) in [6, 6.07) is 8.35. The van der Waals surface area contributed by atoms with Gasteiger partial charge in [-0.05, 0) is 37.1 Å². The first kappa shape index (κ1) is 18.8. The summed E-state index contributed by atoms with van der Waals surface area (Å²) in [5.41, 5.74) is -0.399. The monoisotopic (exact) mass is 351 g/mol. The number of carbonyl (C=O) groups is 1. The van der Waals surface area contributed by atoms with E-state index < -0.39 is 11.7 Å². The minimum atomic E-state index is -4.44. The van der Waals surface area contributed by atoms with Gasteiger partial charge in [-0.2, -0.15) is 13.2 Å². The van der Waals surface area contributed by atoms with Crippen LogP contribution in [0.4, 0.5) is 30.4 Å². The number of rotatable bonds is 6. The molecule has 7 heteroatoms. The zero-order valence-electron chi connectivity index (χ0n) is 14.0. The van der Waals surface area contributed by atoms with Crippen LogP contribution in [0.2, 0.25) is 0 Å². The maximum Gasteiger partial charge on any atom is 0.418 e. The van der Waals surface area contributed by atoms with Gasteiger partial charge < -0.3 is 10.6 Å².